The highest BCUT2D eigenvalue weighted by atomic mass is 32.2. The van der Waals surface area contributed by atoms with Gasteiger partial charge in [0.15, 0.2) is 0 Å². The SMILES string of the molecule is Cc1ccc(C(=O)NCCN2CCN(S(=O)(=O)c3ccc(C)cc3)CC2)cc1. The van der Waals surface area contributed by atoms with Crippen molar-refractivity contribution in [3.05, 3.63) is 65.2 Å². The summed E-state index contributed by atoms with van der Waals surface area (Å²) >= 11 is 0. The first-order chi connectivity index (χ1) is 13.4. The first kappa shape index (κ1) is 20.5. The van der Waals surface area contributed by atoms with Crippen LogP contribution in [0.5, 0.6) is 0 Å². The molecule has 0 atom stereocenters. The zero-order valence-corrected chi connectivity index (χ0v) is 17.2. The molecule has 150 valence electrons. The van der Waals surface area contributed by atoms with Gasteiger partial charge in [-0.2, -0.15) is 4.31 Å². The van der Waals surface area contributed by atoms with Crippen molar-refractivity contribution < 1.29 is 13.2 Å². The van der Waals surface area contributed by atoms with Crippen LogP contribution in [0.25, 0.3) is 0 Å². The summed E-state index contributed by atoms with van der Waals surface area (Å²) in [7, 11) is -3.44. The number of piperazine rings is 1. The Bertz CT molecular complexity index is 901. The summed E-state index contributed by atoms with van der Waals surface area (Å²) in [4.78, 5) is 14.7. The summed E-state index contributed by atoms with van der Waals surface area (Å²) in [5.41, 5.74) is 2.81. The van der Waals surface area contributed by atoms with E-state index in [1.807, 2.05) is 50.2 Å². The summed E-state index contributed by atoms with van der Waals surface area (Å²) in [6, 6.07) is 14.4. The van der Waals surface area contributed by atoms with E-state index in [4.69, 9.17) is 0 Å². The fourth-order valence-electron chi connectivity index (χ4n) is 3.19. The van der Waals surface area contributed by atoms with Crippen molar-refractivity contribution in [2.45, 2.75) is 18.7 Å². The number of hydrogen-bond acceptors (Lipinski definition) is 4. The number of amides is 1. The van der Waals surface area contributed by atoms with Gasteiger partial charge in [0.1, 0.15) is 0 Å². The molecule has 1 N–H and O–H groups in total. The second-order valence-electron chi connectivity index (χ2n) is 7.18. The van der Waals surface area contributed by atoms with Crippen LogP contribution in [0.2, 0.25) is 0 Å². The first-order valence-corrected chi connectivity index (χ1v) is 10.9. The molecule has 1 heterocycles. The Balaban J connectivity index is 1.45. The molecule has 0 bridgehead atoms. The van der Waals surface area contributed by atoms with E-state index in [1.165, 1.54) is 0 Å². The molecule has 1 aliphatic heterocycles. The zero-order chi connectivity index (χ0) is 20.1. The van der Waals surface area contributed by atoms with Crippen molar-refractivity contribution in [2.75, 3.05) is 39.3 Å². The first-order valence-electron chi connectivity index (χ1n) is 9.50. The maximum Gasteiger partial charge on any atom is 0.251 e. The third-order valence-corrected chi connectivity index (χ3v) is 6.93. The van der Waals surface area contributed by atoms with Crippen LogP contribution >= 0.6 is 0 Å². The lowest BCUT2D eigenvalue weighted by atomic mass is 10.1. The van der Waals surface area contributed by atoms with Crippen LogP contribution in [0.4, 0.5) is 0 Å². The molecule has 2 aromatic rings. The van der Waals surface area contributed by atoms with Crippen molar-refractivity contribution in [2.24, 2.45) is 0 Å². The lowest BCUT2D eigenvalue weighted by Gasteiger charge is -2.34. The minimum Gasteiger partial charge on any atom is -0.351 e. The summed E-state index contributed by atoms with van der Waals surface area (Å²) in [5.74, 6) is -0.0828. The number of aryl methyl sites for hydroxylation is 2. The van der Waals surface area contributed by atoms with Crippen molar-refractivity contribution in [1.82, 2.24) is 14.5 Å². The van der Waals surface area contributed by atoms with E-state index < -0.39 is 10.0 Å². The second-order valence-corrected chi connectivity index (χ2v) is 9.12. The van der Waals surface area contributed by atoms with E-state index >= 15 is 0 Å². The molecule has 0 aliphatic carbocycles. The number of carbonyl (C=O) groups excluding carboxylic acids is 1. The van der Waals surface area contributed by atoms with Crippen molar-refractivity contribution in [1.29, 1.82) is 0 Å². The van der Waals surface area contributed by atoms with Gasteiger partial charge in [0.25, 0.3) is 5.91 Å². The Morgan fingerprint density at radius 2 is 1.43 bits per heavy atom. The maximum atomic E-state index is 12.7. The van der Waals surface area contributed by atoms with Crippen molar-refractivity contribution in [3.8, 4) is 0 Å². The monoisotopic (exact) mass is 401 g/mol. The fraction of sp³-hybridized carbons (Fsp3) is 0.381. The molecule has 6 nitrogen and oxygen atoms in total. The fourth-order valence-corrected chi connectivity index (χ4v) is 4.61. The molecule has 28 heavy (non-hydrogen) atoms. The van der Waals surface area contributed by atoms with Crippen LogP contribution in [0.15, 0.2) is 53.4 Å². The highest BCUT2D eigenvalue weighted by molar-refractivity contribution is 7.89. The normalized spacial score (nSPS) is 16.1. The van der Waals surface area contributed by atoms with E-state index in [9.17, 15) is 13.2 Å². The standard InChI is InChI=1S/C21H27N3O3S/c1-17-3-7-19(8-4-17)21(25)22-11-12-23-13-15-24(16-14-23)28(26,27)20-9-5-18(2)6-10-20/h3-10H,11-16H2,1-2H3,(H,22,25). The van der Waals surface area contributed by atoms with Crippen LogP contribution in [0.1, 0.15) is 21.5 Å². The maximum absolute atomic E-state index is 12.7. The lowest BCUT2D eigenvalue weighted by molar-refractivity contribution is 0.0945. The minimum atomic E-state index is -3.44. The van der Waals surface area contributed by atoms with Crippen LogP contribution in [0.3, 0.4) is 0 Å². The second kappa shape index (κ2) is 8.86. The van der Waals surface area contributed by atoms with Gasteiger partial charge in [-0.05, 0) is 38.1 Å². The summed E-state index contributed by atoms with van der Waals surface area (Å²) in [5, 5.41) is 2.93. The van der Waals surface area contributed by atoms with Crippen LogP contribution in [-0.2, 0) is 10.0 Å². The summed E-state index contributed by atoms with van der Waals surface area (Å²) < 4.78 is 27.0. The average molecular weight is 402 g/mol. The zero-order valence-electron chi connectivity index (χ0n) is 16.4. The predicted molar refractivity (Wildman–Crippen MR) is 110 cm³/mol. The minimum absolute atomic E-state index is 0.0828. The predicted octanol–water partition coefficient (Wildman–Crippen LogP) is 2.04. The van der Waals surface area contributed by atoms with Gasteiger partial charge < -0.3 is 5.32 Å². The summed E-state index contributed by atoms with van der Waals surface area (Å²) in [6.45, 7) is 7.40. The number of carbonyl (C=O) groups is 1. The Labute approximate surface area is 167 Å². The Kier molecular flexibility index (Phi) is 6.49. The number of rotatable bonds is 6. The highest BCUT2D eigenvalue weighted by Crippen LogP contribution is 2.18. The van der Waals surface area contributed by atoms with Gasteiger partial charge in [-0.1, -0.05) is 35.4 Å². The quantitative estimate of drug-likeness (QED) is 0.804. The molecule has 1 saturated heterocycles. The largest absolute Gasteiger partial charge is 0.351 e. The van der Waals surface area contributed by atoms with Crippen LogP contribution < -0.4 is 5.32 Å². The molecule has 0 aromatic heterocycles. The Morgan fingerprint density at radius 3 is 2.00 bits per heavy atom. The molecule has 2 aromatic carbocycles. The Morgan fingerprint density at radius 1 is 0.893 bits per heavy atom. The van der Waals surface area contributed by atoms with E-state index in [1.54, 1.807) is 16.4 Å². The molecule has 1 aliphatic rings. The van der Waals surface area contributed by atoms with Crippen LogP contribution in [0, 0.1) is 13.8 Å². The topological polar surface area (TPSA) is 69.7 Å². The van der Waals surface area contributed by atoms with Gasteiger partial charge in [0.05, 0.1) is 4.90 Å². The van der Waals surface area contributed by atoms with Gasteiger partial charge in [-0.15, -0.1) is 0 Å². The molecule has 1 fully saturated rings. The van der Waals surface area contributed by atoms with Gasteiger partial charge >= 0.3 is 0 Å². The molecular weight excluding hydrogens is 374 g/mol. The Hall–Kier alpha value is -2.22. The molecular formula is C21H27N3O3S. The molecule has 0 saturated carbocycles. The number of benzene rings is 2. The smallest absolute Gasteiger partial charge is 0.251 e. The number of hydrogen-bond donors (Lipinski definition) is 1. The van der Waals surface area contributed by atoms with E-state index in [0.29, 0.717) is 49.7 Å². The molecule has 1 amide bonds. The third kappa shape index (κ3) is 4.98. The molecule has 0 radical (unpaired) electrons. The van der Waals surface area contributed by atoms with Gasteiger partial charge in [-0.3, -0.25) is 9.69 Å². The molecule has 0 spiro atoms. The van der Waals surface area contributed by atoms with Crippen LogP contribution in [-0.4, -0.2) is 62.8 Å². The molecule has 7 heteroatoms. The van der Waals surface area contributed by atoms with Gasteiger partial charge in [0.2, 0.25) is 10.0 Å². The lowest BCUT2D eigenvalue weighted by Crippen LogP contribution is -2.50. The van der Waals surface area contributed by atoms with Gasteiger partial charge in [-0.25, -0.2) is 8.42 Å². The number of nitrogens with one attached hydrogen (secondary N) is 1. The molecule has 3 rings (SSSR count). The number of nitrogens with zero attached hydrogens (tertiary/aromatic N) is 2. The van der Waals surface area contributed by atoms with Crippen molar-refractivity contribution >= 4 is 15.9 Å². The summed E-state index contributed by atoms with van der Waals surface area (Å²) in [6.07, 6.45) is 0. The van der Waals surface area contributed by atoms with Gasteiger partial charge in [0, 0.05) is 44.8 Å². The molecule has 0 unspecified atom stereocenters. The number of sulfonamides is 1. The van der Waals surface area contributed by atoms with E-state index in [2.05, 4.69) is 10.2 Å². The average Bonchev–Trinajstić information content (AvgIpc) is 2.69. The highest BCUT2D eigenvalue weighted by Gasteiger charge is 2.28. The third-order valence-electron chi connectivity index (χ3n) is 5.02. The van der Waals surface area contributed by atoms with E-state index in [0.717, 1.165) is 11.1 Å². The van der Waals surface area contributed by atoms with Crippen molar-refractivity contribution in [3.63, 3.8) is 0 Å². The van der Waals surface area contributed by atoms with E-state index in [-0.39, 0.29) is 5.91 Å².